The number of nitrogens with two attached hydrogens (primary N) is 1. The van der Waals surface area contributed by atoms with E-state index in [1.165, 1.54) is 42.4 Å². The van der Waals surface area contributed by atoms with E-state index < -0.39 is 0 Å². The zero-order chi connectivity index (χ0) is 11.8. The van der Waals surface area contributed by atoms with Gasteiger partial charge in [0.2, 0.25) is 0 Å². The van der Waals surface area contributed by atoms with E-state index >= 15 is 0 Å². The molecule has 3 heteroatoms. The average molecular weight is 231 g/mol. The summed E-state index contributed by atoms with van der Waals surface area (Å²) in [6.07, 6.45) is 5.14. The van der Waals surface area contributed by atoms with E-state index in [1.807, 2.05) is 0 Å². The summed E-state index contributed by atoms with van der Waals surface area (Å²) < 4.78 is 0. The molecule has 1 aliphatic carbocycles. The third-order valence-corrected chi connectivity index (χ3v) is 4.16. The molecule has 1 aromatic carbocycles. The lowest BCUT2D eigenvalue weighted by molar-refractivity contribution is 0.548. The molecule has 0 bridgehead atoms. The van der Waals surface area contributed by atoms with Crippen LogP contribution in [-0.2, 0) is 12.8 Å². The highest BCUT2D eigenvalue weighted by Gasteiger charge is 2.31. The Bertz CT molecular complexity index is 416. The van der Waals surface area contributed by atoms with Crippen molar-refractivity contribution >= 4 is 0 Å². The average Bonchev–Trinajstić information content (AvgIpc) is 2.70. The smallest absolute Gasteiger partial charge is 0.0629 e. The van der Waals surface area contributed by atoms with Gasteiger partial charge in [-0.1, -0.05) is 18.2 Å². The van der Waals surface area contributed by atoms with Gasteiger partial charge in [-0.05, 0) is 49.3 Å². The number of hydrogen-bond donors (Lipinski definition) is 3. The Morgan fingerprint density at radius 1 is 1.12 bits per heavy atom. The molecule has 4 N–H and O–H groups in total. The van der Waals surface area contributed by atoms with E-state index in [2.05, 4.69) is 36.0 Å². The van der Waals surface area contributed by atoms with Crippen LogP contribution in [0.1, 0.15) is 42.5 Å². The Labute approximate surface area is 103 Å². The van der Waals surface area contributed by atoms with Crippen LogP contribution < -0.4 is 16.6 Å². The number of aryl methyl sites for hydroxylation is 2. The number of hydrogen-bond acceptors (Lipinski definition) is 3. The summed E-state index contributed by atoms with van der Waals surface area (Å²) in [6.45, 7) is 2.12. The number of nitrogens with one attached hydrogen (secondary N) is 2. The highest BCUT2D eigenvalue weighted by molar-refractivity contribution is 5.36. The van der Waals surface area contributed by atoms with Crippen molar-refractivity contribution in [1.29, 1.82) is 0 Å². The Kier molecular flexibility index (Phi) is 2.90. The van der Waals surface area contributed by atoms with Crippen LogP contribution in [0.25, 0.3) is 0 Å². The maximum Gasteiger partial charge on any atom is 0.0629 e. The third-order valence-electron chi connectivity index (χ3n) is 4.16. The molecule has 3 rings (SSSR count). The Hall–Kier alpha value is -0.900. The van der Waals surface area contributed by atoms with Crippen molar-refractivity contribution in [2.24, 2.45) is 5.73 Å². The predicted molar refractivity (Wildman–Crippen MR) is 69.5 cm³/mol. The van der Waals surface area contributed by atoms with Gasteiger partial charge in [0.15, 0.2) is 0 Å². The van der Waals surface area contributed by atoms with E-state index in [1.54, 1.807) is 0 Å². The summed E-state index contributed by atoms with van der Waals surface area (Å²) >= 11 is 0. The van der Waals surface area contributed by atoms with Crippen molar-refractivity contribution in [2.45, 2.75) is 50.7 Å². The number of fused-ring (bicyclic) bond motifs is 1. The van der Waals surface area contributed by atoms with E-state index in [0.29, 0.717) is 6.04 Å². The fourth-order valence-corrected chi connectivity index (χ4v) is 2.95. The predicted octanol–water partition coefficient (Wildman–Crippen LogP) is 1.43. The Morgan fingerprint density at radius 2 is 1.88 bits per heavy atom. The molecule has 0 amide bonds. The molecule has 2 aliphatic rings. The van der Waals surface area contributed by atoms with Gasteiger partial charge < -0.3 is 5.73 Å². The minimum atomic E-state index is 0.150. The number of benzene rings is 1. The molecular formula is C14H21N3. The molecule has 0 saturated carbocycles. The van der Waals surface area contributed by atoms with E-state index in [4.69, 9.17) is 5.73 Å². The SMILES string of the molecule is CC1NNC(c2ccc3c(c2)CCCC3)C1N. The van der Waals surface area contributed by atoms with Crippen LogP contribution in [0.3, 0.4) is 0 Å². The van der Waals surface area contributed by atoms with Crippen molar-refractivity contribution in [2.75, 3.05) is 0 Å². The van der Waals surface area contributed by atoms with Gasteiger partial charge in [-0.15, -0.1) is 0 Å². The summed E-state index contributed by atoms with van der Waals surface area (Å²) in [6, 6.07) is 7.61. The quantitative estimate of drug-likeness (QED) is 0.685. The highest BCUT2D eigenvalue weighted by atomic mass is 15.4. The largest absolute Gasteiger partial charge is 0.325 e. The maximum atomic E-state index is 6.21. The van der Waals surface area contributed by atoms with Gasteiger partial charge >= 0.3 is 0 Å². The molecule has 0 radical (unpaired) electrons. The third kappa shape index (κ3) is 1.99. The van der Waals surface area contributed by atoms with Crippen molar-refractivity contribution in [1.82, 2.24) is 10.9 Å². The van der Waals surface area contributed by atoms with Crippen molar-refractivity contribution < 1.29 is 0 Å². The second-order valence-corrected chi connectivity index (χ2v) is 5.37. The van der Waals surface area contributed by atoms with Crippen molar-refractivity contribution in [3.05, 3.63) is 34.9 Å². The molecular weight excluding hydrogens is 210 g/mol. The summed E-state index contributed by atoms with van der Waals surface area (Å²) in [5.74, 6) is 0. The number of rotatable bonds is 1. The summed E-state index contributed by atoms with van der Waals surface area (Å²) in [4.78, 5) is 0. The number of hydrazine groups is 1. The van der Waals surface area contributed by atoms with Gasteiger partial charge in [0.05, 0.1) is 6.04 Å². The minimum absolute atomic E-state index is 0.150. The van der Waals surface area contributed by atoms with Gasteiger partial charge in [-0.25, -0.2) is 5.43 Å². The van der Waals surface area contributed by atoms with Gasteiger partial charge in [-0.2, -0.15) is 0 Å². The molecule has 3 atom stereocenters. The molecule has 0 aromatic heterocycles. The maximum absolute atomic E-state index is 6.21. The van der Waals surface area contributed by atoms with Gasteiger partial charge in [0.25, 0.3) is 0 Å². The first-order valence-electron chi connectivity index (χ1n) is 6.64. The molecule has 1 heterocycles. The van der Waals surface area contributed by atoms with Crippen LogP contribution in [0.5, 0.6) is 0 Å². The van der Waals surface area contributed by atoms with Gasteiger partial charge in [0.1, 0.15) is 0 Å². The normalized spacial score (nSPS) is 32.5. The Morgan fingerprint density at radius 3 is 2.59 bits per heavy atom. The fraction of sp³-hybridized carbons (Fsp3) is 0.571. The summed E-state index contributed by atoms with van der Waals surface area (Å²) in [5.41, 5.74) is 17.1. The van der Waals surface area contributed by atoms with E-state index in [0.717, 1.165) is 0 Å². The highest BCUT2D eigenvalue weighted by Crippen LogP contribution is 2.27. The first kappa shape index (κ1) is 11.2. The lowest BCUT2D eigenvalue weighted by atomic mass is 9.88. The van der Waals surface area contributed by atoms with E-state index in [-0.39, 0.29) is 12.1 Å². The molecule has 1 aliphatic heterocycles. The summed E-state index contributed by atoms with van der Waals surface area (Å²) in [7, 11) is 0. The molecule has 3 nitrogen and oxygen atoms in total. The topological polar surface area (TPSA) is 50.1 Å². The fourth-order valence-electron chi connectivity index (χ4n) is 2.95. The Balaban J connectivity index is 1.88. The van der Waals surface area contributed by atoms with E-state index in [9.17, 15) is 0 Å². The van der Waals surface area contributed by atoms with Crippen molar-refractivity contribution in [3.63, 3.8) is 0 Å². The lowest BCUT2D eigenvalue weighted by Crippen LogP contribution is -2.35. The minimum Gasteiger partial charge on any atom is -0.325 e. The standard InChI is InChI=1S/C14H21N3/c1-9-13(15)14(17-16-9)12-7-6-10-4-2-3-5-11(10)8-12/h6-9,13-14,16-17H,2-5,15H2,1H3. The van der Waals surface area contributed by atoms with Gasteiger partial charge in [-0.3, -0.25) is 5.43 Å². The second-order valence-electron chi connectivity index (χ2n) is 5.37. The zero-order valence-electron chi connectivity index (χ0n) is 10.4. The second kappa shape index (κ2) is 4.41. The molecule has 92 valence electrons. The van der Waals surface area contributed by atoms with Crippen LogP contribution in [0.15, 0.2) is 18.2 Å². The monoisotopic (exact) mass is 231 g/mol. The molecule has 17 heavy (non-hydrogen) atoms. The first-order chi connectivity index (χ1) is 8.25. The lowest BCUT2D eigenvalue weighted by Gasteiger charge is -2.21. The van der Waals surface area contributed by atoms with Crippen LogP contribution >= 0.6 is 0 Å². The zero-order valence-corrected chi connectivity index (χ0v) is 10.4. The molecule has 3 unspecified atom stereocenters. The first-order valence-corrected chi connectivity index (χ1v) is 6.64. The molecule has 1 aromatic rings. The van der Waals surface area contributed by atoms with Crippen LogP contribution in [0.4, 0.5) is 0 Å². The van der Waals surface area contributed by atoms with Crippen LogP contribution in [-0.4, -0.2) is 12.1 Å². The van der Waals surface area contributed by atoms with Crippen LogP contribution in [0, 0.1) is 0 Å². The van der Waals surface area contributed by atoms with Crippen molar-refractivity contribution in [3.8, 4) is 0 Å². The summed E-state index contributed by atoms with van der Waals surface area (Å²) in [5, 5.41) is 0. The molecule has 1 fully saturated rings. The molecule has 1 saturated heterocycles. The van der Waals surface area contributed by atoms with Crippen LogP contribution in [0.2, 0.25) is 0 Å². The molecule has 0 spiro atoms. The van der Waals surface area contributed by atoms with Gasteiger partial charge in [0, 0.05) is 12.1 Å².